The molecule has 0 saturated heterocycles. The van der Waals surface area contributed by atoms with Crippen molar-refractivity contribution in [3.8, 4) is 0 Å². The predicted octanol–water partition coefficient (Wildman–Crippen LogP) is 2.01. The summed E-state index contributed by atoms with van der Waals surface area (Å²) in [5.74, 6) is -0.745. The van der Waals surface area contributed by atoms with Gasteiger partial charge in [0, 0.05) is 12.7 Å². The molecule has 2 aromatic rings. The molecule has 21 heavy (non-hydrogen) atoms. The number of anilines is 1. The largest absolute Gasteiger partial charge is 0.396 e. The van der Waals surface area contributed by atoms with Crippen LogP contribution in [0.1, 0.15) is 12.6 Å². The van der Waals surface area contributed by atoms with Crippen LogP contribution in [0.3, 0.4) is 0 Å². The highest BCUT2D eigenvalue weighted by atomic mass is 32.2. The van der Waals surface area contributed by atoms with E-state index in [-0.39, 0.29) is 23.7 Å². The molecular weight excluding hydrogens is 293 g/mol. The lowest BCUT2D eigenvalue weighted by atomic mass is 10.3. The fourth-order valence-electron chi connectivity index (χ4n) is 1.86. The van der Waals surface area contributed by atoms with E-state index in [1.807, 2.05) is 0 Å². The number of nitrogens with two attached hydrogens (primary N) is 1. The van der Waals surface area contributed by atoms with Gasteiger partial charge in [-0.1, -0.05) is 13.0 Å². The van der Waals surface area contributed by atoms with E-state index >= 15 is 0 Å². The quantitative estimate of drug-likeness (QED) is 0.857. The van der Waals surface area contributed by atoms with Gasteiger partial charge in [0.25, 0.3) is 0 Å². The SMILES string of the molecule is CCN(Cc1ccccn1)S(=O)(=O)c1ccc(N)c(F)c1. The smallest absolute Gasteiger partial charge is 0.243 e. The summed E-state index contributed by atoms with van der Waals surface area (Å²) in [6.45, 7) is 2.10. The van der Waals surface area contributed by atoms with Gasteiger partial charge in [0.1, 0.15) is 5.82 Å². The minimum Gasteiger partial charge on any atom is -0.396 e. The summed E-state index contributed by atoms with van der Waals surface area (Å²) in [4.78, 5) is 3.99. The minimum absolute atomic E-state index is 0.0817. The number of halogens is 1. The first-order chi connectivity index (χ1) is 9.95. The number of hydrogen-bond donors (Lipinski definition) is 1. The van der Waals surface area contributed by atoms with Gasteiger partial charge < -0.3 is 5.73 Å². The predicted molar refractivity (Wildman–Crippen MR) is 78.3 cm³/mol. The van der Waals surface area contributed by atoms with Gasteiger partial charge in [-0.3, -0.25) is 4.98 Å². The average Bonchev–Trinajstić information content (AvgIpc) is 2.48. The van der Waals surface area contributed by atoms with Crippen LogP contribution in [0.5, 0.6) is 0 Å². The molecular formula is C14H16FN3O2S. The molecule has 0 aliphatic heterocycles. The van der Waals surface area contributed by atoms with Crippen LogP contribution in [-0.4, -0.2) is 24.3 Å². The van der Waals surface area contributed by atoms with E-state index in [1.165, 1.54) is 16.4 Å². The van der Waals surface area contributed by atoms with E-state index in [2.05, 4.69) is 4.98 Å². The first kappa shape index (κ1) is 15.4. The normalized spacial score (nSPS) is 11.8. The van der Waals surface area contributed by atoms with Crippen LogP contribution < -0.4 is 5.73 Å². The Morgan fingerprint density at radius 1 is 1.29 bits per heavy atom. The maximum atomic E-state index is 13.5. The summed E-state index contributed by atoms with van der Waals surface area (Å²) < 4.78 is 39.8. The molecule has 2 rings (SSSR count). The number of nitrogen functional groups attached to an aromatic ring is 1. The van der Waals surface area contributed by atoms with E-state index in [4.69, 9.17) is 5.73 Å². The average molecular weight is 309 g/mol. The number of pyridine rings is 1. The van der Waals surface area contributed by atoms with E-state index in [9.17, 15) is 12.8 Å². The van der Waals surface area contributed by atoms with E-state index in [1.54, 1.807) is 31.3 Å². The standard InChI is InChI=1S/C14H16FN3O2S/c1-2-18(10-11-5-3-4-8-17-11)21(19,20)12-6-7-14(16)13(15)9-12/h3-9H,2,10,16H2,1H3. The van der Waals surface area contributed by atoms with Crippen LogP contribution >= 0.6 is 0 Å². The van der Waals surface area contributed by atoms with Crippen LogP contribution in [0.25, 0.3) is 0 Å². The Bertz CT molecular complexity index is 720. The molecule has 0 bridgehead atoms. The molecule has 0 aliphatic carbocycles. The maximum absolute atomic E-state index is 13.5. The number of sulfonamides is 1. The second-order valence-electron chi connectivity index (χ2n) is 4.44. The molecule has 0 amide bonds. The number of aromatic nitrogens is 1. The summed E-state index contributed by atoms with van der Waals surface area (Å²) in [7, 11) is -3.79. The van der Waals surface area contributed by atoms with Crippen molar-refractivity contribution in [2.75, 3.05) is 12.3 Å². The van der Waals surface area contributed by atoms with Crippen LogP contribution in [0.15, 0.2) is 47.5 Å². The molecule has 1 aromatic heterocycles. The Kier molecular flexibility index (Phi) is 4.54. The Morgan fingerprint density at radius 2 is 2.05 bits per heavy atom. The summed E-state index contributed by atoms with van der Waals surface area (Å²) in [5, 5.41) is 0. The maximum Gasteiger partial charge on any atom is 0.243 e. The molecule has 0 atom stereocenters. The van der Waals surface area contributed by atoms with Gasteiger partial charge >= 0.3 is 0 Å². The van der Waals surface area contributed by atoms with Crippen LogP contribution in [0.4, 0.5) is 10.1 Å². The summed E-state index contributed by atoms with van der Waals surface area (Å²) in [6, 6.07) is 8.76. The number of rotatable bonds is 5. The van der Waals surface area contributed by atoms with Crippen molar-refractivity contribution >= 4 is 15.7 Å². The second kappa shape index (κ2) is 6.19. The number of hydrogen-bond acceptors (Lipinski definition) is 4. The monoisotopic (exact) mass is 309 g/mol. The van der Waals surface area contributed by atoms with E-state index in [0.717, 1.165) is 6.07 Å². The van der Waals surface area contributed by atoms with Crippen molar-refractivity contribution < 1.29 is 12.8 Å². The number of benzene rings is 1. The van der Waals surface area contributed by atoms with Crippen LogP contribution in [-0.2, 0) is 16.6 Å². The Hall–Kier alpha value is -1.99. The Balaban J connectivity index is 2.33. The molecule has 2 N–H and O–H groups in total. The molecule has 112 valence electrons. The van der Waals surface area contributed by atoms with Gasteiger partial charge in [0.05, 0.1) is 22.8 Å². The molecule has 7 heteroatoms. The zero-order chi connectivity index (χ0) is 15.5. The third-order valence-corrected chi connectivity index (χ3v) is 4.94. The lowest BCUT2D eigenvalue weighted by Crippen LogP contribution is -2.30. The minimum atomic E-state index is -3.79. The molecule has 1 heterocycles. The molecule has 1 aromatic carbocycles. The van der Waals surface area contributed by atoms with Gasteiger partial charge in [-0.15, -0.1) is 0 Å². The van der Waals surface area contributed by atoms with Gasteiger partial charge in [-0.05, 0) is 30.3 Å². The topological polar surface area (TPSA) is 76.3 Å². The first-order valence-corrected chi connectivity index (χ1v) is 7.84. The molecule has 5 nitrogen and oxygen atoms in total. The highest BCUT2D eigenvalue weighted by Crippen LogP contribution is 2.21. The van der Waals surface area contributed by atoms with E-state index < -0.39 is 15.8 Å². The van der Waals surface area contributed by atoms with Crippen molar-refractivity contribution in [1.29, 1.82) is 0 Å². The lowest BCUT2D eigenvalue weighted by molar-refractivity contribution is 0.418. The molecule has 0 spiro atoms. The number of nitrogens with zero attached hydrogens (tertiary/aromatic N) is 2. The third-order valence-electron chi connectivity index (χ3n) is 3.03. The highest BCUT2D eigenvalue weighted by Gasteiger charge is 2.24. The third kappa shape index (κ3) is 3.37. The summed E-state index contributed by atoms with van der Waals surface area (Å²) in [6.07, 6.45) is 1.60. The van der Waals surface area contributed by atoms with Gasteiger partial charge in [0.15, 0.2) is 0 Å². The lowest BCUT2D eigenvalue weighted by Gasteiger charge is -2.20. The van der Waals surface area contributed by atoms with Gasteiger partial charge in [0.2, 0.25) is 10.0 Å². The highest BCUT2D eigenvalue weighted by molar-refractivity contribution is 7.89. The molecule has 0 radical (unpaired) electrons. The van der Waals surface area contributed by atoms with Crippen molar-refractivity contribution in [2.24, 2.45) is 0 Å². The molecule has 0 unspecified atom stereocenters. The van der Waals surface area contributed by atoms with Gasteiger partial charge in [-0.2, -0.15) is 4.31 Å². The van der Waals surface area contributed by atoms with Crippen LogP contribution in [0, 0.1) is 5.82 Å². The fourth-order valence-corrected chi connectivity index (χ4v) is 3.29. The van der Waals surface area contributed by atoms with Crippen molar-refractivity contribution in [3.05, 3.63) is 54.1 Å². The zero-order valence-corrected chi connectivity index (χ0v) is 12.3. The zero-order valence-electron chi connectivity index (χ0n) is 11.5. The van der Waals surface area contributed by atoms with Crippen molar-refractivity contribution in [3.63, 3.8) is 0 Å². The molecule has 0 fully saturated rings. The van der Waals surface area contributed by atoms with Crippen molar-refractivity contribution in [2.45, 2.75) is 18.4 Å². The first-order valence-electron chi connectivity index (χ1n) is 6.40. The van der Waals surface area contributed by atoms with Gasteiger partial charge in [-0.25, -0.2) is 12.8 Å². The Morgan fingerprint density at radius 3 is 2.62 bits per heavy atom. The Labute approximate surface area is 123 Å². The molecule has 0 saturated carbocycles. The van der Waals surface area contributed by atoms with Crippen LogP contribution in [0.2, 0.25) is 0 Å². The summed E-state index contributed by atoms with van der Waals surface area (Å²) >= 11 is 0. The second-order valence-corrected chi connectivity index (χ2v) is 6.37. The van der Waals surface area contributed by atoms with E-state index in [0.29, 0.717) is 5.69 Å². The molecule has 0 aliphatic rings. The fraction of sp³-hybridized carbons (Fsp3) is 0.214. The van der Waals surface area contributed by atoms with Crippen molar-refractivity contribution in [1.82, 2.24) is 9.29 Å². The summed E-state index contributed by atoms with van der Waals surface area (Å²) in [5.41, 5.74) is 5.91.